The fourth-order valence-corrected chi connectivity index (χ4v) is 5.43. The Balaban J connectivity index is 1.29. The Morgan fingerprint density at radius 2 is 1.57 bits per heavy atom. The molecule has 0 radical (unpaired) electrons. The van der Waals surface area contributed by atoms with Crippen molar-refractivity contribution in [2.24, 2.45) is 17.6 Å². The van der Waals surface area contributed by atoms with Gasteiger partial charge in [0.1, 0.15) is 5.75 Å². The van der Waals surface area contributed by atoms with Crippen LogP contribution in [0.5, 0.6) is 5.75 Å². The molecule has 2 aromatic carbocycles. The number of benzene rings is 2. The minimum atomic E-state index is 0.474. The summed E-state index contributed by atoms with van der Waals surface area (Å²) in [7, 11) is 1.77. The molecule has 2 aliphatic carbocycles. The molecule has 0 spiro atoms. The number of hydrogen-bond acceptors (Lipinski definition) is 3. The van der Waals surface area contributed by atoms with Gasteiger partial charge in [0.05, 0.1) is 7.11 Å². The summed E-state index contributed by atoms with van der Waals surface area (Å²) in [4.78, 5) is 0. The average molecular weight is 381 g/mol. The van der Waals surface area contributed by atoms with E-state index in [1.165, 1.54) is 74.1 Å². The molecule has 2 fully saturated rings. The molecule has 0 bridgehead atoms. The van der Waals surface area contributed by atoms with Crippen LogP contribution in [-0.2, 0) is 6.54 Å². The van der Waals surface area contributed by atoms with Gasteiger partial charge in [-0.15, -0.1) is 0 Å². The first-order valence-electron chi connectivity index (χ1n) is 11.3. The first-order chi connectivity index (χ1) is 13.7. The second-order valence-corrected chi connectivity index (χ2v) is 9.08. The van der Waals surface area contributed by atoms with Crippen molar-refractivity contribution in [3.63, 3.8) is 0 Å². The summed E-state index contributed by atoms with van der Waals surface area (Å²) in [5, 5.41) is 6.43. The van der Waals surface area contributed by atoms with Gasteiger partial charge in [-0.25, -0.2) is 0 Å². The Labute approximate surface area is 170 Å². The van der Waals surface area contributed by atoms with E-state index >= 15 is 0 Å². The SMILES string of the molecule is COc1ccc2ccccc2c1CNC1CCC(CC2CCC(N)CC2)CC1. The van der Waals surface area contributed by atoms with Crippen LogP contribution in [0.2, 0.25) is 0 Å². The van der Waals surface area contributed by atoms with Crippen molar-refractivity contribution in [1.29, 1.82) is 0 Å². The molecule has 0 aliphatic heterocycles. The molecule has 4 rings (SSSR count). The Morgan fingerprint density at radius 3 is 2.29 bits per heavy atom. The molecular weight excluding hydrogens is 344 g/mol. The number of nitrogens with two attached hydrogens (primary N) is 1. The summed E-state index contributed by atoms with van der Waals surface area (Å²) in [6.07, 6.45) is 12.0. The molecule has 2 saturated carbocycles. The Kier molecular flexibility index (Phi) is 6.54. The van der Waals surface area contributed by atoms with Crippen LogP contribution in [0.25, 0.3) is 10.8 Å². The lowest BCUT2D eigenvalue weighted by molar-refractivity contribution is 0.214. The maximum absolute atomic E-state index is 6.07. The minimum Gasteiger partial charge on any atom is -0.496 e. The van der Waals surface area contributed by atoms with Crippen molar-refractivity contribution in [3.05, 3.63) is 42.0 Å². The fourth-order valence-electron chi connectivity index (χ4n) is 5.43. The van der Waals surface area contributed by atoms with E-state index in [1.807, 2.05) is 0 Å². The Morgan fingerprint density at radius 1 is 0.893 bits per heavy atom. The monoisotopic (exact) mass is 380 g/mol. The molecule has 152 valence electrons. The van der Waals surface area contributed by atoms with Crippen molar-refractivity contribution in [2.75, 3.05) is 7.11 Å². The van der Waals surface area contributed by atoms with Gasteiger partial charge in [0.15, 0.2) is 0 Å². The summed E-state index contributed by atoms with van der Waals surface area (Å²) in [5.74, 6) is 2.87. The van der Waals surface area contributed by atoms with Crippen LogP contribution in [0.3, 0.4) is 0 Å². The van der Waals surface area contributed by atoms with E-state index in [0.717, 1.165) is 24.1 Å². The van der Waals surface area contributed by atoms with Crippen molar-refractivity contribution in [2.45, 2.75) is 76.4 Å². The largest absolute Gasteiger partial charge is 0.496 e. The van der Waals surface area contributed by atoms with Crippen LogP contribution in [0.1, 0.15) is 63.4 Å². The van der Waals surface area contributed by atoms with Crippen LogP contribution >= 0.6 is 0 Å². The van der Waals surface area contributed by atoms with Crippen LogP contribution < -0.4 is 15.8 Å². The van der Waals surface area contributed by atoms with Crippen molar-refractivity contribution in [3.8, 4) is 5.75 Å². The second-order valence-electron chi connectivity index (χ2n) is 9.08. The van der Waals surface area contributed by atoms with E-state index in [2.05, 4.69) is 41.7 Å². The quantitative estimate of drug-likeness (QED) is 0.705. The maximum atomic E-state index is 6.07. The lowest BCUT2D eigenvalue weighted by Crippen LogP contribution is -2.34. The molecule has 0 heterocycles. The summed E-state index contributed by atoms with van der Waals surface area (Å²) in [5.41, 5.74) is 7.36. The molecule has 0 amide bonds. The summed E-state index contributed by atoms with van der Waals surface area (Å²) >= 11 is 0. The van der Waals surface area contributed by atoms with Crippen LogP contribution in [0.4, 0.5) is 0 Å². The van der Waals surface area contributed by atoms with Gasteiger partial charge in [-0.1, -0.05) is 30.3 Å². The smallest absolute Gasteiger partial charge is 0.123 e. The summed E-state index contributed by atoms with van der Waals surface area (Å²) < 4.78 is 5.65. The minimum absolute atomic E-state index is 0.474. The molecule has 3 heteroatoms. The van der Waals surface area contributed by atoms with Gasteiger partial charge < -0.3 is 15.8 Å². The van der Waals surface area contributed by atoms with Gasteiger partial charge in [-0.2, -0.15) is 0 Å². The highest BCUT2D eigenvalue weighted by Crippen LogP contribution is 2.35. The lowest BCUT2D eigenvalue weighted by Gasteiger charge is -2.33. The number of rotatable bonds is 6. The van der Waals surface area contributed by atoms with E-state index in [0.29, 0.717) is 12.1 Å². The van der Waals surface area contributed by atoms with Gasteiger partial charge in [0.25, 0.3) is 0 Å². The number of methoxy groups -OCH3 is 1. The molecule has 0 saturated heterocycles. The fraction of sp³-hybridized carbons (Fsp3) is 0.600. The van der Waals surface area contributed by atoms with Crippen LogP contribution in [-0.4, -0.2) is 19.2 Å². The molecule has 3 nitrogen and oxygen atoms in total. The predicted molar refractivity (Wildman–Crippen MR) is 118 cm³/mol. The highest BCUT2D eigenvalue weighted by molar-refractivity contribution is 5.87. The number of hydrogen-bond donors (Lipinski definition) is 2. The van der Waals surface area contributed by atoms with Gasteiger partial charge >= 0.3 is 0 Å². The molecule has 28 heavy (non-hydrogen) atoms. The third kappa shape index (κ3) is 4.69. The highest BCUT2D eigenvalue weighted by atomic mass is 16.5. The summed E-state index contributed by atoms with van der Waals surface area (Å²) in [6, 6.07) is 14.0. The van der Waals surface area contributed by atoms with E-state index in [9.17, 15) is 0 Å². The molecule has 0 unspecified atom stereocenters. The molecular formula is C25H36N2O. The zero-order chi connectivity index (χ0) is 19.3. The van der Waals surface area contributed by atoms with E-state index in [-0.39, 0.29) is 0 Å². The zero-order valence-electron chi connectivity index (χ0n) is 17.3. The Bertz CT molecular complexity index is 758. The average Bonchev–Trinajstić information content (AvgIpc) is 2.74. The maximum Gasteiger partial charge on any atom is 0.123 e. The first-order valence-corrected chi connectivity index (χ1v) is 11.3. The third-order valence-corrected chi connectivity index (χ3v) is 7.19. The topological polar surface area (TPSA) is 47.3 Å². The van der Waals surface area contributed by atoms with Gasteiger partial charge in [-0.3, -0.25) is 0 Å². The number of ether oxygens (including phenoxy) is 1. The highest BCUT2D eigenvalue weighted by Gasteiger charge is 2.26. The zero-order valence-corrected chi connectivity index (χ0v) is 17.3. The number of nitrogens with one attached hydrogen (secondary N) is 1. The molecule has 2 aromatic rings. The van der Waals surface area contributed by atoms with Crippen LogP contribution in [0, 0.1) is 11.8 Å². The van der Waals surface area contributed by atoms with E-state index in [4.69, 9.17) is 10.5 Å². The van der Waals surface area contributed by atoms with E-state index < -0.39 is 0 Å². The summed E-state index contributed by atoms with van der Waals surface area (Å²) in [6.45, 7) is 0.889. The molecule has 3 N–H and O–H groups in total. The lowest BCUT2D eigenvalue weighted by atomic mass is 9.76. The van der Waals surface area contributed by atoms with Crippen molar-refractivity contribution in [1.82, 2.24) is 5.32 Å². The molecule has 0 aromatic heterocycles. The van der Waals surface area contributed by atoms with Gasteiger partial charge in [-0.05, 0) is 86.5 Å². The molecule has 2 aliphatic rings. The predicted octanol–water partition coefficient (Wildman–Crippen LogP) is 5.40. The van der Waals surface area contributed by atoms with Crippen molar-refractivity contribution >= 4 is 10.8 Å². The second kappa shape index (κ2) is 9.28. The van der Waals surface area contributed by atoms with Crippen LogP contribution in [0.15, 0.2) is 36.4 Å². The molecule has 0 atom stereocenters. The van der Waals surface area contributed by atoms with E-state index in [1.54, 1.807) is 7.11 Å². The first kappa shape index (κ1) is 19.7. The standard InChI is InChI=1S/C25H36N2O/c1-28-25-15-10-20-4-2-3-5-23(20)24(25)17-27-22-13-8-19(9-14-22)16-18-6-11-21(26)12-7-18/h2-5,10,15,18-19,21-22,27H,6-9,11-14,16-17,26H2,1H3. The van der Waals surface area contributed by atoms with Crippen molar-refractivity contribution < 1.29 is 4.74 Å². The Hall–Kier alpha value is -1.58. The normalized spacial score (nSPS) is 28.4. The van der Waals surface area contributed by atoms with Gasteiger partial charge in [0.2, 0.25) is 0 Å². The third-order valence-electron chi connectivity index (χ3n) is 7.19. The van der Waals surface area contributed by atoms with Gasteiger partial charge in [0, 0.05) is 24.2 Å². The number of fused-ring (bicyclic) bond motifs is 1.